The second-order valence-corrected chi connectivity index (χ2v) is 4.13. The molecule has 0 aromatic carbocycles. The Hall–Kier alpha value is -0.370. The molecule has 0 atom stereocenters. The van der Waals surface area contributed by atoms with Gasteiger partial charge in [0, 0.05) is 16.4 Å². The lowest BCUT2D eigenvalue weighted by molar-refractivity contribution is 0.708. The van der Waals surface area contributed by atoms with Gasteiger partial charge >= 0.3 is 0 Å². The summed E-state index contributed by atoms with van der Waals surface area (Å²) < 4.78 is 1.24. The van der Waals surface area contributed by atoms with Crippen molar-refractivity contribution >= 4 is 15.9 Å². The summed E-state index contributed by atoms with van der Waals surface area (Å²) in [6.07, 6.45) is 8.23. The Labute approximate surface area is 81.3 Å². The van der Waals surface area contributed by atoms with Crippen LogP contribution in [0.1, 0.15) is 30.5 Å². The Bertz CT molecular complexity index is 283. The highest BCUT2D eigenvalue weighted by molar-refractivity contribution is 9.10. The van der Waals surface area contributed by atoms with Crippen molar-refractivity contribution in [1.82, 2.24) is 4.98 Å². The zero-order valence-electron chi connectivity index (χ0n) is 7.02. The lowest BCUT2D eigenvalue weighted by atomic mass is 10.1. The fraction of sp³-hybridized carbons (Fsp3) is 0.500. The van der Waals surface area contributed by atoms with Gasteiger partial charge in [-0.2, -0.15) is 0 Å². The Morgan fingerprint density at radius 2 is 2.00 bits per heavy atom. The maximum Gasteiger partial charge on any atom is 0.0446 e. The number of fused-ring (bicyclic) bond motifs is 1. The zero-order chi connectivity index (χ0) is 8.39. The molecule has 0 unspecified atom stereocenters. The Morgan fingerprint density at radius 3 is 2.92 bits per heavy atom. The number of hydrogen-bond acceptors (Lipinski definition) is 1. The van der Waals surface area contributed by atoms with E-state index in [1.807, 2.05) is 12.3 Å². The molecule has 1 aromatic heterocycles. The number of aryl methyl sites for hydroxylation is 1. The lowest BCUT2D eigenvalue weighted by Crippen LogP contribution is -1.95. The zero-order valence-corrected chi connectivity index (χ0v) is 8.60. The van der Waals surface area contributed by atoms with Gasteiger partial charge in [-0.15, -0.1) is 0 Å². The van der Waals surface area contributed by atoms with Crippen LogP contribution in [0.15, 0.2) is 16.7 Å². The van der Waals surface area contributed by atoms with Gasteiger partial charge in [0.15, 0.2) is 0 Å². The normalized spacial score (nSPS) is 16.8. The summed E-state index contributed by atoms with van der Waals surface area (Å²) in [7, 11) is 0. The Morgan fingerprint density at radius 1 is 1.17 bits per heavy atom. The third-order valence-electron chi connectivity index (χ3n) is 2.43. The summed E-state index contributed by atoms with van der Waals surface area (Å²) in [5.41, 5.74) is 2.75. The van der Waals surface area contributed by atoms with Gasteiger partial charge in [0.25, 0.3) is 0 Å². The largest absolute Gasteiger partial charge is 0.261 e. The van der Waals surface area contributed by atoms with E-state index >= 15 is 0 Å². The van der Waals surface area contributed by atoms with E-state index in [-0.39, 0.29) is 0 Å². The van der Waals surface area contributed by atoms with Crippen molar-refractivity contribution in [2.75, 3.05) is 0 Å². The van der Waals surface area contributed by atoms with Gasteiger partial charge in [0.1, 0.15) is 0 Å². The maximum atomic E-state index is 4.41. The minimum atomic E-state index is 1.16. The van der Waals surface area contributed by atoms with Crippen LogP contribution in [-0.4, -0.2) is 4.98 Å². The molecule has 1 aliphatic carbocycles. The fourth-order valence-corrected chi connectivity index (χ4v) is 2.30. The number of pyridine rings is 1. The monoisotopic (exact) mass is 225 g/mol. The summed E-state index contributed by atoms with van der Waals surface area (Å²) >= 11 is 3.58. The molecular weight excluding hydrogens is 214 g/mol. The van der Waals surface area contributed by atoms with Crippen LogP contribution in [0.2, 0.25) is 0 Å². The highest BCUT2D eigenvalue weighted by atomic mass is 79.9. The second kappa shape index (κ2) is 3.56. The van der Waals surface area contributed by atoms with E-state index in [9.17, 15) is 0 Å². The van der Waals surface area contributed by atoms with Crippen LogP contribution in [0, 0.1) is 0 Å². The van der Waals surface area contributed by atoms with Crippen molar-refractivity contribution < 1.29 is 0 Å². The molecule has 0 aliphatic heterocycles. The topological polar surface area (TPSA) is 12.9 Å². The quantitative estimate of drug-likeness (QED) is 0.619. The van der Waals surface area contributed by atoms with Crippen molar-refractivity contribution in [3.8, 4) is 0 Å². The SMILES string of the molecule is Brc1ccnc2c1CCCCC2. The third-order valence-corrected chi connectivity index (χ3v) is 3.17. The molecule has 0 saturated carbocycles. The molecule has 0 spiro atoms. The predicted octanol–water partition coefficient (Wildman–Crippen LogP) is 3.11. The van der Waals surface area contributed by atoms with Crippen LogP contribution in [0.5, 0.6) is 0 Å². The minimum Gasteiger partial charge on any atom is -0.261 e. The fourth-order valence-electron chi connectivity index (χ4n) is 1.76. The van der Waals surface area contributed by atoms with Crippen LogP contribution >= 0.6 is 15.9 Å². The first kappa shape index (κ1) is 8.24. The van der Waals surface area contributed by atoms with Gasteiger partial charge in [-0.25, -0.2) is 0 Å². The standard InChI is InChI=1S/C10H12BrN/c11-9-6-7-12-10-5-3-1-2-4-8(9)10/h6-7H,1-5H2. The molecular formula is C10H12BrN. The van der Waals surface area contributed by atoms with Gasteiger partial charge in [0.2, 0.25) is 0 Å². The average Bonchev–Trinajstić information content (AvgIpc) is 2.30. The van der Waals surface area contributed by atoms with Crippen LogP contribution in [0.25, 0.3) is 0 Å². The first-order valence-electron chi connectivity index (χ1n) is 4.50. The maximum absolute atomic E-state index is 4.41. The Balaban J connectivity index is 2.42. The van der Waals surface area contributed by atoms with Crippen LogP contribution < -0.4 is 0 Å². The van der Waals surface area contributed by atoms with E-state index < -0.39 is 0 Å². The number of rotatable bonds is 0. The molecule has 1 aliphatic rings. The highest BCUT2D eigenvalue weighted by Crippen LogP contribution is 2.25. The summed E-state index contributed by atoms with van der Waals surface area (Å²) in [5, 5.41) is 0. The average molecular weight is 226 g/mol. The van der Waals surface area contributed by atoms with E-state index in [4.69, 9.17) is 0 Å². The third kappa shape index (κ3) is 1.53. The molecule has 0 amide bonds. The molecule has 2 rings (SSSR count). The molecule has 0 N–H and O–H groups in total. The molecule has 64 valence electrons. The molecule has 1 heterocycles. The number of hydrogen-bond donors (Lipinski definition) is 0. The molecule has 0 saturated heterocycles. The van der Waals surface area contributed by atoms with Crippen molar-refractivity contribution in [3.63, 3.8) is 0 Å². The summed E-state index contributed by atoms with van der Waals surface area (Å²) in [6, 6.07) is 2.05. The summed E-state index contributed by atoms with van der Waals surface area (Å²) in [6.45, 7) is 0. The van der Waals surface area contributed by atoms with Crippen LogP contribution in [0.3, 0.4) is 0 Å². The number of aromatic nitrogens is 1. The second-order valence-electron chi connectivity index (χ2n) is 3.28. The van der Waals surface area contributed by atoms with Gasteiger partial charge < -0.3 is 0 Å². The smallest absolute Gasteiger partial charge is 0.0446 e. The van der Waals surface area contributed by atoms with Gasteiger partial charge in [-0.1, -0.05) is 22.4 Å². The van der Waals surface area contributed by atoms with Crippen molar-refractivity contribution in [2.45, 2.75) is 32.1 Å². The van der Waals surface area contributed by atoms with Crippen molar-refractivity contribution in [1.29, 1.82) is 0 Å². The number of nitrogens with zero attached hydrogens (tertiary/aromatic N) is 1. The van der Waals surface area contributed by atoms with Gasteiger partial charge in [-0.3, -0.25) is 4.98 Å². The summed E-state index contributed by atoms with van der Waals surface area (Å²) in [5.74, 6) is 0. The van der Waals surface area contributed by atoms with E-state index in [1.54, 1.807) is 0 Å². The van der Waals surface area contributed by atoms with Crippen molar-refractivity contribution in [3.05, 3.63) is 28.0 Å². The molecule has 2 heteroatoms. The minimum absolute atomic E-state index is 1.16. The van der Waals surface area contributed by atoms with E-state index in [0.717, 1.165) is 6.42 Å². The molecule has 0 fully saturated rings. The first-order chi connectivity index (χ1) is 5.88. The van der Waals surface area contributed by atoms with Crippen molar-refractivity contribution in [2.24, 2.45) is 0 Å². The highest BCUT2D eigenvalue weighted by Gasteiger charge is 2.10. The first-order valence-corrected chi connectivity index (χ1v) is 5.29. The van der Waals surface area contributed by atoms with Gasteiger partial charge in [0.05, 0.1) is 0 Å². The molecule has 1 aromatic rings. The Kier molecular flexibility index (Phi) is 2.45. The predicted molar refractivity (Wildman–Crippen MR) is 53.2 cm³/mol. The molecule has 0 bridgehead atoms. The van der Waals surface area contributed by atoms with Crippen LogP contribution in [0.4, 0.5) is 0 Å². The van der Waals surface area contributed by atoms with E-state index in [2.05, 4.69) is 20.9 Å². The lowest BCUT2D eigenvalue weighted by Gasteiger charge is -2.05. The van der Waals surface area contributed by atoms with Gasteiger partial charge in [-0.05, 0) is 37.3 Å². The van der Waals surface area contributed by atoms with E-state index in [1.165, 1.54) is 41.4 Å². The number of halogens is 1. The molecule has 12 heavy (non-hydrogen) atoms. The van der Waals surface area contributed by atoms with Crippen LogP contribution in [-0.2, 0) is 12.8 Å². The molecule has 0 radical (unpaired) electrons. The molecule has 1 nitrogen and oxygen atoms in total. The summed E-state index contributed by atoms with van der Waals surface area (Å²) in [4.78, 5) is 4.41. The van der Waals surface area contributed by atoms with E-state index in [0.29, 0.717) is 0 Å².